The predicted octanol–water partition coefficient (Wildman–Crippen LogP) is 3.15. The highest BCUT2D eigenvalue weighted by molar-refractivity contribution is 5.93. The van der Waals surface area contributed by atoms with Crippen molar-refractivity contribution in [1.29, 1.82) is 5.26 Å². The van der Waals surface area contributed by atoms with Gasteiger partial charge in [0.25, 0.3) is 0 Å². The first-order valence-electron chi connectivity index (χ1n) is 6.61. The quantitative estimate of drug-likeness (QED) is 0.798. The van der Waals surface area contributed by atoms with Gasteiger partial charge < -0.3 is 9.88 Å². The van der Waals surface area contributed by atoms with Crippen LogP contribution < -0.4 is 5.32 Å². The van der Waals surface area contributed by atoms with E-state index in [4.69, 9.17) is 5.26 Å². The molecular weight excluding hydrogens is 262 g/mol. The normalized spacial score (nSPS) is 10.2. The number of benzene rings is 2. The number of para-hydroxylation sites is 2. The second-order valence-corrected chi connectivity index (χ2v) is 4.71. The number of nitrogens with one attached hydrogen (secondary N) is 1. The van der Waals surface area contributed by atoms with Crippen LogP contribution in [0.15, 0.2) is 60.8 Å². The minimum atomic E-state index is -0.119. The Labute approximate surface area is 122 Å². The summed E-state index contributed by atoms with van der Waals surface area (Å²) in [5.41, 5.74) is 2.23. The van der Waals surface area contributed by atoms with Crippen LogP contribution in [-0.2, 0) is 11.3 Å². The second kappa shape index (κ2) is 5.51. The summed E-state index contributed by atoms with van der Waals surface area (Å²) in [6, 6.07) is 19.1. The van der Waals surface area contributed by atoms with Crippen LogP contribution in [0.1, 0.15) is 5.56 Å². The van der Waals surface area contributed by atoms with Gasteiger partial charge in [-0.25, -0.2) is 0 Å². The summed E-state index contributed by atoms with van der Waals surface area (Å²) in [5, 5.41) is 12.9. The van der Waals surface area contributed by atoms with Crippen LogP contribution in [0, 0.1) is 11.3 Å². The first kappa shape index (κ1) is 12.9. The van der Waals surface area contributed by atoms with Crippen molar-refractivity contribution < 1.29 is 4.79 Å². The van der Waals surface area contributed by atoms with Gasteiger partial charge in [0.2, 0.25) is 5.91 Å². The Kier molecular flexibility index (Phi) is 3.40. The molecule has 0 aliphatic heterocycles. The maximum absolute atomic E-state index is 12.1. The Hall–Kier alpha value is -3.06. The van der Waals surface area contributed by atoms with Crippen LogP contribution in [0.25, 0.3) is 10.9 Å². The number of hydrogen-bond donors (Lipinski definition) is 1. The number of fused-ring (bicyclic) bond motifs is 1. The summed E-state index contributed by atoms with van der Waals surface area (Å²) in [6.45, 7) is 0.178. The standard InChI is InChI=1S/C17H13N3O/c18-10-13-11-20(16-9-5-4-8-15(13)16)12-17(21)19-14-6-2-1-3-7-14/h1-9,11H,12H2,(H,19,21). The Morgan fingerprint density at radius 2 is 1.81 bits per heavy atom. The molecule has 1 N–H and O–H groups in total. The number of nitriles is 1. The van der Waals surface area contributed by atoms with Crippen LogP contribution >= 0.6 is 0 Å². The van der Waals surface area contributed by atoms with E-state index in [1.807, 2.05) is 54.6 Å². The van der Waals surface area contributed by atoms with E-state index in [1.54, 1.807) is 10.8 Å². The van der Waals surface area contributed by atoms with Crippen molar-refractivity contribution in [3.8, 4) is 6.07 Å². The fraction of sp³-hybridized carbons (Fsp3) is 0.0588. The molecule has 21 heavy (non-hydrogen) atoms. The molecule has 0 atom stereocenters. The highest BCUT2D eigenvalue weighted by Gasteiger charge is 2.10. The topological polar surface area (TPSA) is 57.8 Å². The van der Waals surface area contributed by atoms with Gasteiger partial charge in [0.05, 0.1) is 5.56 Å². The minimum Gasteiger partial charge on any atom is -0.337 e. The monoisotopic (exact) mass is 275 g/mol. The van der Waals surface area contributed by atoms with Gasteiger partial charge in [-0.05, 0) is 18.2 Å². The number of amides is 1. The van der Waals surface area contributed by atoms with Gasteiger partial charge in [0.1, 0.15) is 12.6 Å². The maximum Gasteiger partial charge on any atom is 0.244 e. The lowest BCUT2D eigenvalue weighted by molar-refractivity contribution is -0.116. The van der Waals surface area contributed by atoms with Crippen molar-refractivity contribution in [1.82, 2.24) is 4.57 Å². The summed E-state index contributed by atoms with van der Waals surface area (Å²) in [4.78, 5) is 12.1. The first-order valence-corrected chi connectivity index (χ1v) is 6.61. The molecule has 0 radical (unpaired) electrons. The van der Waals surface area contributed by atoms with E-state index in [0.29, 0.717) is 5.56 Å². The average molecular weight is 275 g/mol. The highest BCUT2D eigenvalue weighted by Crippen LogP contribution is 2.20. The van der Waals surface area contributed by atoms with Gasteiger partial charge in [-0.15, -0.1) is 0 Å². The minimum absolute atomic E-state index is 0.119. The lowest BCUT2D eigenvalue weighted by Gasteiger charge is -2.07. The zero-order valence-electron chi connectivity index (χ0n) is 11.3. The Balaban J connectivity index is 1.85. The molecule has 102 valence electrons. The molecule has 0 bridgehead atoms. The molecule has 0 unspecified atom stereocenters. The number of rotatable bonds is 3. The number of aromatic nitrogens is 1. The summed E-state index contributed by atoms with van der Waals surface area (Å²) in [7, 11) is 0. The number of nitrogens with zero attached hydrogens (tertiary/aromatic N) is 2. The number of carbonyl (C=O) groups excluding carboxylic acids is 1. The van der Waals surface area contributed by atoms with Gasteiger partial charge in [-0.1, -0.05) is 36.4 Å². The average Bonchev–Trinajstić information content (AvgIpc) is 2.86. The molecule has 1 amide bonds. The molecule has 0 aliphatic rings. The van der Waals surface area contributed by atoms with Gasteiger partial charge in [-0.2, -0.15) is 5.26 Å². The van der Waals surface area contributed by atoms with E-state index < -0.39 is 0 Å². The van der Waals surface area contributed by atoms with Crippen LogP contribution in [-0.4, -0.2) is 10.5 Å². The second-order valence-electron chi connectivity index (χ2n) is 4.71. The summed E-state index contributed by atoms with van der Waals surface area (Å²) < 4.78 is 1.80. The SMILES string of the molecule is N#Cc1cn(CC(=O)Nc2ccccc2)c2ccccc12. The summed E-state index contributed by atoms with van der Waals surface area (Å²) in [5.74, 6) is -0.119. The molecule has 3 rings (SSSR count). The third kappa shape index (κ3) is 2.63. The summed E-state index contributed by atoms with van der Waals surface area (Å²) >= 11 is 0. The molecule has 0 aliphatic carbocycles. The van der Waals surface area contributed by atoms with E-state index in [-0.39, 0.29) is 12.5 Å². The van der Waals surface area contributed by atoms with Crippen LogP contribution in [0.3, 0.4) is 0 Å². The zero-order chi connectivity index (χ0) is 14.7. The fourth-order valence-electron chi connectivity index (χ4n) is 2.34. The van der Waals surface area contributed by atoms with Crippen molar-refractivity contribution >= 4 is 22.5 Å². The van der Waals surface area contributed by atoms with Crippen LogP contribution in [0.4, 0.5) is 5.69 Å². The zero-order valence-corrected chi connectivity index (χ0v) is 11.3. The molecule has 0 saturated heterocycles. The molecule has 1 aromatic heterocycles. The number of anilines is 1. The molecule has 3 aromatic rings. The fourth-order valence-corrected chi connectivity index (χ4v) is 2.34. The van der Waals surface area contributed by atoms with E-state index in [2.05, 4.69) is 11.4 Å². The van der Waals surface area contributed by atoms with Crippen molar-refractivity contribution in [2.24, 2.45) is 0 Å². The molecule has 0 spiro atoms. The Morgan fingerprint density at radius 3 is 2.57 bits per heavy atom. The summed E-state index contributed by atoms with van der Waals surface area (Å²) in [6.07, 6.45) is 1.72. The Bertz CT molecular complexity index is 828. The molecular formula is C17H13N3O. The van der Waals surface area contributed by atoms with Crippen molar-refractivity contribution in [2.75, 3.05) is 5.32 Å². The van der Waals surface area contributed by atoms with Gasteiger partial charge in [-0.3, -0.25) is 4.79 Å². The van der Waals surface area contributed by atoms with Gasteiger partial charge >= 0.3 is 0 Å². The lowest BCUT2D eigenvalue weighted by Crippen LogP contribution is -2.18. The highest BCUT2D eigenvalue weighted by atomic mass is 16.1. The van der Waals surface area contributed by atoms with Crippen LogP contribution in [0.5, 0.6) is 0 Å². The smallest absolute Gasteiger partial charge is 0.244 e. The van der Waals surface area contributed by atoms with Crippen LogP contribution in [0.2, 0.25) is 0 Å². The first-order chi connectivity index (χ1) is 10.3. The van der Waals surface area contributed by atoms with Gasteiger partial charge in [0.15, 0.2) is 0 Å². The molecule has 0 saturated carbocycles. The third-order valence-corrected chi connectivity index (χ3v) is 3.28. The molecule has 2 aromatic carbocycles. The van der Waals surface area contributed by atoms with E-state index in [9.17, 15) is 4.79 Å². The molecule has 4 nitrogen and oxygen atoms in total. The third-order valence-electron chi connectivity index (χ3n) is 3.28. The van der Waals surface area contributed by atoms with Crippen molar-refractivity contribution in [2.45, 2.75) is 6.54 Å². The lowest BCUT2D eigenvalue weighted by atomic mass is 10.2. The molecule has 1 heterocycles. The molecule has 0 fully saturated rings. The van der Waals surface area contributed by atoms with E-state index >= 15 is 0 Å². The van der Waals surface area contributed by atoms with E-state index in [0.717, 1.165) is 16.6 Å². The van der Waals surface area contributed by atoms with Crippen molar-refractivity contribution in [3.05, 3.63) is 66.4 Å². The van der Waals surface area contributed by atoms with Crippen molar-refractivity contribution in [3.63, 3.8) is 0 Å². The predicted molar refractivity (Wildman–Crippen MR) is 81.7 cm³/mol. The van der Waals surface area contributed by atoms with E-state index in [1.165, 1.54) is 0 Å². The molecule has 4 heteroatoms. The Morgan fingerprint density at radius 1 is 1.10 bits per heavy atom. The number of hydrogen-bond acceptors (Lipinski definition) is 2. The van der Waals surface area contributed by atoms with Gasteiger partial charge in [0, 0.05) is 22.8 Å². The largest absolute Gasteiger partial charge is 0.337 e. The number of carbonyl (C=O) groups is 1. The maximum atomic E-state index is 12.1.